The van der Waals surface area contributed by atoms with Gasteiger partial charge < -0.3 is 10.1 Å². The number of aromatic nitrogens is 1. The van der Waals surface area contributed by atoms with Gasteiger partial charge in [0.05, 0.1) is 5.56 Å². The van der Waals surface area contributed by atoms with Crippen LogP contribution in [0.4, 0.5) is 0 Å². The van der Waals surface area contributed by atoms with Gasteiger partial charge in [-0.15, -0.1) is 0 Å². The van der Waals surface area contributed by atoms with Crippen LogP contribution in [0.3, 0.4) is 0 Å². The zero-order chi connectivity index (χ0) is 11.1. The molecular weight excluding hydrogens is 208 g/mol. The molecule has 1 atom stereocenters. The molecule has 1 aromatic rings. The highest BCUT2D eigenvalue weighted by molar-refractivity contribution is 5.91. The normalized spacial score (nSPS) is 22.2. The molecule has 1 aliphatic carbocycles. The molecule has 1 aliphatic heterocycles. The number of aromatic carboxylic acids is 1. The summed E-state index contributed by atoms with van der Waals surface area (Å²) in [5, 5.41) is 9.10. The Morgan fingerprint density at radius 3 is 3.25 bits per heavy atom. The van der Waals surface area contributed by atoms with E-state index in [1.54, 1.807) is 0 Å². The van der Waals surface area contributed by atoms with E-state index in [1.807, 2.05) is 18.2 Å². The SMILES string of the molecule is O=C(O)c1c[nH]c2c1C1ONCC1=CC=C2. The molecule has 5 nitrogen and oxygen atoms in total. The van der Waals surface area contributed by atoms with E-state index in [2.05, 4.69) is 10.5 Å². The summed E-state index contributed by atoms with van der Waals surface area (Å²) in [5.74, 6) is -0.942. The standard InChI is InChI=1S/C11H10N2O3/c14-11(15)7-5-12-8-3-1-2-6-4-13-16-10(6)9(7)8/h1-3,5,10,12-13H,4H2,(H,14,15). The van der Waals surface area contributed by atoms with Gasteiger partial charge in [-0.2, -0.15) is 5.48 Å². The Bertz CT molecular complexity index is 513. The molecule has 0 aromatic carbocycles. The Kier molecular flexibility index (Phi) is 1.95. The molecule has 0 radical (unpaired) electrons. The first-order valence-corrected chi connectivity index (χ1v) is 4.97. The summed E-state index contributed by atoms with van der Waals surface area (Å²) in [6, 6.07) is 0. The summed E-state index contributed by atoms with van der Waals surface area (Å²) in [4.78, 5) is 19.4. The van der Waals surface area contributed by atoms with Gasteiger partial charge in [-0.1, -0.05) is 12.2 Å². The van der Waals surface area contributed by atoms with Crippen molar-refractivity contribution in [1.29, 1.82) is 0 Å². The number of rotatable bonds is 1. The third kappa shape index (κ3) is 1.22. The van der Waals surface area contributed by atoms with Crippen LogP contribution in [0.25, 0.3) is 6.08 Å². The van der Waals surface area contributed by atoms with Gasteiger partial charge in [0.1, 0.15) is 6.10 Å². The minimum Gasteiger partial charge on any atom is -0.478 e. The van der Waals surface area contributed by atoms with Gasteiger partial charge in [0.15, 0.2) is 0 Å². The van der Waals surface area contributed by atoms with Gasteiger partial charge in [-0.3, -0.25) is 4.84 Å². The number of carboxylic acids is 1. The average molecular weight is 218 g/mol. The number of carbonyl (C=O) groups is 1. The third-order valence-corrected chi connectivity index (χ3v) is 2.83. The lowest BCUT2D eigenvalue weighted by Gasteiger charge is -2.10. The number of allylic oxidation sites excluding steroid dienone is 2. The predicted molar refractivity (Wildman–Crippen MR) is 56.7 cm³/mol. The maximum Gasteiger partial charge on any atom is 0.337 e. The van der Waals surface area contributed by atoms with Crippen molar-refractivity contribution in [2.45, 2.75) is 6.10 Å². The Balaban J connectivity index is 2.19. The van der Waals surface area contributed by atoms with E-state index < -0.39 is 5.97 Å². The first kappa shape index (κ1) is 9.38. The van der Waals surface area contributed by atoms with Gasteiger partial charge in [-0.05, 0) is 11.6 Å². The highest BCUT2D eigenvalue weighted by Crippen LogP contribution is 2.35. The van der Waals surface area contributed by atoms with Crippen molar-refractivity contribution in [3.63, 3.8) is 0 Å². The number of carboxylic acid groups (broad SMARTS) is 1. The summed E-state index contributed by atoms with van der Waals surface area (Å²) >= 11 is 0. The van der Waals surface area contributed by atoms with Crippen LogP contribution in [-0.4, -0.2) is 22.6 Å². The number of fused-ring (bicyclic) bond motifs is 3. The number of H-pyrrole nitrogens is 1. The van der Waals surface area contributed by atoms with Crippen molar-refractivity contribution < 1.29 is 14.7 Å². The van der Waals surface area contributed by atoms with Crippen molar-refractivity contribution in [1.82, 2.24) is 10.5 Å². The molecule has 1 fully saturated rings. The summed E-state index contributed by atoms with van der Waals surface area (Å²) in [6.45, 7) is 0.624. The molecule has 5 heteroatoms. The molecule has 2 heterocycles. The lowest BCUT2D eigenvalue weighted by Crippen LogP contribution is -2.08. The van der Waals surface area contributed by atoms with Gasteiger partial charge in [0, 0.05) is 24.0 Å². The van der Waals surface area contributed by atoms with E-state index in [0.29, 0.717) is 12.1 Å². The number of hydrogen-bond donors (Lipinski definition) is 3. The van der Waals surface area contributed by atoms with Crippen LogP contribution < -0.4 is 5.48 Å². The highest BCUT2D eigenvalue weighted by atomic mass is 16.7. The molecular formula is C11H10N2O3. The Hall–Kier alpha value is -1.85. The van der Waals surface area contributed by atoms with Crippen molar-refractivity contribution >= 4 is 12.0 Å². The zero-order valence-electron chi connectivity index (χ0n) is 8.36. The molecule has 0 saturated carbocycles. The third-order valence-electron chi connectivity index (χ3n) is 2.83. The number of hydrogen-bond acceptors (Lipinski definition) is 3. The molecule has 3 N–H and O–H groups in total. The molecule has 0 amide bonds. The molecule has 0 spiro atoms. The van der Waals surface area contributed by atoms with E-state index in [9.17, 15) is 4.79 Å². The Morgan fingerprint density at radius 2 is 2.44 bits per heavy atom. The second-order valence-corrected chi connectivity index (χ2v) is 3.75. The maximum absolute atomic E-state index is 11.1. The highest BCUT2D eigenvalue weighted by Gasteiger charge is 2.31. The van der Waals surface area contributed by atoms with Gasteiger partial charge in [-0.25, -0.2) is 4.79 Å². The van der Waals surface area contributed by atoms with E-state index in [0.717, 1.165) is 11.3 Å². The second kappa shape index (κ2) is 3.33. The fourth-order valence-corrected chi connectivity index (χ4v) is 2.08. The van der Waals surface area contributed by atoms with Crippen LogP contribution in [-0.2, 0) is 4.84 Å². The number of aromatic amines is 1. The summed E-state index contributed by atoms with van der Waals surface area (Å²) in [7, 11) is 0. The smallest absolute Gasteiger partial charge is 0.337 e. The minimum absolute atomic E-state index is 0.265. The Labute approximate surface area is 91.4 Å². The Morgan fingerprint density at radius 1 is 1.56 bits per heavy atom. The van der Waals surface area contributed by atoms with E-state index in [1.165, 1.54) is 6.20 Å². The molecule has 1 aromatic heterocycles. The molecule has 0 bridgehead atoms. The van der Waals surface area contributed by atoms with Crippen LogP contribution in [0.2, 0.25) is 0 Å². The van der Waals surface area contributed by atoms with Gasteiger partial charge in [0.25, 0.3) is 0 Å². The monoisotopic (exact) mass is 218 g/mol. The summed E-state index contributed by atoms with van der Waals surface area (Å²) in [6.07, 6.45) is 6.90. The van der Waals surface area contributed by atoms with Crippen molar-refractivity contribution in [2.24, 2.45) is 0 Å². The fraction of sp³-hybridized carbons (Fsp3) is 0.182. The minimum atomic E-state index is -0.942. The van der Waals surface area contributed by atoms with E-state index in [-0.39, 0.29) is 11.7 Å². The lowest BCUT2D eigenvalue weighted by molar-refractivity contribution is 0.0403. The van der Waals surface area contributed by atoms with Crippen LogP contribution in [0, 0.1) is 0 Å². The maximum atomic E-state index is 11.1. The van der Waals surface area contributed by atoms with Crippen LogP contribution in [0.5, 0.6) is 0 Å². The van der Waals surface area contributed by atoms with Crippen LogP contribution >= 0.6 is 0 Å². The number of hydroxylamine groups is 1. The van der Waals surface area contributed by atoms with Crippen LogP contribution in [0.15, 0.2) is 23.9 Å². The topological polar surface area (TPSA) is 74.3 Å². The zero-order valence-corrected chi connectivity index (χ0v) is 8.36. The molecule has 1 saturated heterocycles. The summed E-state index contributed by atoms with van der Waals surface area (Å²) < 4.78 is 0. The molecule has 16 heavy (non-hydrogen) atoms. The van der Waals surface area contributed by atoms with Gasteiger partial charge >= 0.3 is 5.97 Å². The quantitative estimate of drug-likeness (QED) is 0.663. The molecule has 3 rings (SSSR count). The van der Waals surface area contributed by atoms with Crippen LogP contribution in [0.1, 0.15) is 27.7 Å². The molecule has 82 valence electrons. The predicted octanol–water partition coefficient (Wildman–Crippen LogP) is 1.24. The van der Waals surface area contributed by atoms with E-state index >= 15 is 0 Å². The van der Waals surface area contributed by atoms with Crippen molar-refractivity contribution in [3.8, 4) is 0 Å². The molecule has 1 unspecified atom stereocenters. The fourth-order valence-electron chi connectivity index (χ4n) is 2.08. The first-order valence-electron chi connectivity index (χ1n) is 4.97. The average Bonchev–Trinajstić information content (AvgIpc) is 2.82. The van der Waals surface area contributed by atoms with Gasteiger partial charge in [0.2, 0.25) is 0 Å². The van der Waals surface area contributed by atoms with E-state index in [4.69, 9.17) is 9.94 Å². The second-order valence-electron chi connectivity index (χ2n) is 3.75. The lowest BCUT2D eigenvalue weighted by atomic mass is 10.00. The summed E-state index contributed by atoms with van der Waals surface area (Å²) in [5.41, 5.74) is 5.57. The number of nitrogens with one attached hydrogen (secondary N) is 2. The molecule has 2 aliphatic rings. The van der Waals surface area contributed by atoms with Crippen molar-refractivity contribution in [2.75, 3.05) is 6.54 Å². The van der Waals surface area contributed by atoms with Crippen molar-refractivity contribution in [3.05, 3.63) is 40.7 Å². The first-order chi connectivity index (χ1) is 7.77. The largest absolute Gasteiger partial charge is 0.478 e.